The van der Waals surface area contributed by atoms with Crippen molar-refractivity contribution in [2.24, 2.45) is 0 Å². The molecule has 3 nitrogen and oxygen atoms in total. The molecule has 1 aliphatic carbocycles. The standard InChI is InChI=1S/C17H24N2O/c1-18-14-8-5-11-19(12-14)17(20)16-10-4-7-13-6-2-3-9-15(13)16/h2-3,6,9,14,16,18H,4-5,7-8,10-12H2,1H3. The predicted octanol–water partition coefficient (Wildman–Crippen LogP) is 2.32. The molecule has 1 aliphatic heterocycles. The number of fused-ring (bicyclic) bond motifs is 1. The molecule has 2 aliphatic rings. The second-order valence-corrected chi connectivity index (χ2v) is 6.06. The van der Waals surface area contributed by atoms with Gasteiger partial charge in [-0.25, -0.2) is 0 Å². The number of nitrogens with one attached hydrogen (secondary N) is 1. The molecule has 0 spiro atoms. The Morgan fingerprint density at radius 2 is 2.10 bits per heavy atom. The normalized spacial score (nSPS) is 26.1. The van der Waals surface area contributed by atoms with Gasteiger partial charge in [0.25, 0.3) is 0 Å². The fourth-order valence-electron chi connectivity index (χ4n) is 3.64. The number of benzene rings is 1. The number of piperidine rings is 1. The van der Waals surface area contributed by atoms with E-state index in [1.807, 2.05) is 7.05 Å². The van der Waals surface area contributed by atoms with Crippen molar-refractivity contribution in [3.63, 3.8) is 0 Å². The summed E-state index contributed by atoms with van der Waals surface area (Å²) in [5.41, 5.74) is 2.65. The molecule has 0 radical (unpaired) electrons. The molecule has 1 aromatic carbocycles. The van der Waals surface area contributed by atoms with Crippen LogP contribution in [0, 0.1) is 0 Å². The van der Waals surface area contributed by atoms with E-state index in [1.54, 1.807) is 0 Å². The van der Waals surface area contributed by atoms with Crippen molar-refractivity contribution in [3.05, 3.63) is 35.4 Å². The molecule has 0 bridgehead atoms. The lowest BCUT2D eigenvalue weighted by Crippen LogP contribution is -2.48. The average Bonchev–Trinajstić information content (AvgIpc) is 2.53. The van der Waals surface area contributed by atoms with Crippen LogP contribution in [0.5, 0.6) is 0 Å². The number of hydrogen-bond donors (Lipinski definition) is 1. The lowest BCUT2D eigenvalue weighted by atomic mass is 9.82. The van der Waals surface area contributed by atoms with Crippen molar-refractivity contribution in [1.29, 1.82) is 0 Å². The Kier molecular flexibility index (Phi) is 4.06. The molecule has 2 atom stereocenters. The van der Waals surface area contributed by atoms with Crippen molar-refractivity contribution in [2.45, 2.75) is 44.1 Å². The molecule has 1 fully saturated rings. The van der Waals surface area contributed by atoms with E-state index < -0.39 is 0 Å². The van der Waals surface area contributed by atoms with E-state index in [9.17, 15) is 4.79 Å². The fourth-order valence-corrected chi connectivity index (χ4v) is 3.64. The highest BCUT2D eigenvalue weighted by atomic mass is 16.2. The van der Waals surface area contributed by atoms with Crippen LogP contribution >= 0.6 is 0 Å². The maximum Gasteiger partial charge on any atom is 0.230 e. The molecule has 1 heterocycles. The summed E-state index contributed by atoms with van der Waals surface area (Å²) < 4.78 is 0. The van der Waals surface area contributed by atoms with Gasteiger partial charge in [0.05, 0.1) is 5.92 Å². The van der Waals surface area contributed by atoms with Gasteiger partial charge in [-0.2, -0.15) is 0 Å². The van der Waals surface area contributed by atoms with Crippen molar-refractivity contribution in [2.75, 3.05) is 20.1 Å². The molecule has 108 valence electrons. The fraction of sp³-hybridized carbons (Fsp3) is 0.588. The Bertz CT molecular complexity index is 486. The van der Waals surface area contributed by atoms with Crippen LogP contribution in [0.15, 0.2) is 24.3 Å². The minimum absolute atomic E-state index is 0.0931. The Labute approximate surface area is 121 Å². The average molecular weight is 272 g/mol. The number of likely N-dealkylation sites (N-methyl/N-ethyl adjacent to an activating group) is 1. The van der Waals surface area contributed by atoms with Gasteiger partial charge in [-0.15, -0.1) is 0 Å². The number of likely N-dealkylation sites (tertiary alicyclic amines) is 1. The van der Waals surface area contributed by atoms with Crippen LogP contribution in [0.2, 0.25) is 0 Å². The monoisotopic (exact) mass is 272 g/mol. The quantitative estimate of drug-likeness (QED) is 0.896. The summed E-state index contributed by atoms with van der Waals surface area (Å²) in [6.07, 6.45) is 5.57. The number of amides is 1. The van der Waals surface area contributed by atoms with Crippen LogP contribution < -0.4 is 5.32 Å². The largest absolute Gasteiger partial charge is 0.341 e. The molecule has 1 N–H and O–H groups in total. The summed E-state index contributed by atoms with van der Waals surface area (Å²) >= 11 is 0. The first kappa shape index (κ1) is 13.6. The zero-order valence-electron chi connectivity index (χ0n) is 12.3. The van der Waals surface area contributed by atoms with E-state index in [0.29, 0.717) is 11.9 Å². The highest BCUT2D eigenvalue weighted by Crippen LogP contribution is 2.33. The first-order chi connectivity index (χ1) is 9.79. The zero-order chi connectivity index (χ0) is 13.9. The highest BCUT2D eigenvalue weighted by molar-refractivity contribution is 5.84. The molecular weight excluding hydrogens is 248 g/mol. The summed E-state index contributed by atoms with van der Waals surface area (Å²) in [6, 6.07) is 8.95. The molecule has 20 heavy (non-hydrogen) atoms. The molecule has 1 aromatic rings. The van der Waals surface area contributed by atoms with Gasteiger partial charge >= 0.3 is 0 Å². The molecule has 0 aromatic heterocycles. The van der Waals surface area contributed by atoms with E-state index in [2.05, 4.69) is 34.5 Å². The van der Waals surface area contributed by atoms with Crippen LogP contribution in [0.25, 0.3) is 0 Å². The number of nitrogens with zero attached hydrogens (tertiary/aromatic N) is 1. The molecule has 3 rings (SSSR count). The number of rotatable bonds is 2. The third-order valence-electron chi connectivity index (χ3n) is 4.81. The second-order valence-electron chi connectivity index (χ2n) is 6.06. The summed E-state index contributed by atoms with van der Waals surface area (Å²) in [5, 5.41) is 3.32. The highest BCUT2D eigenvalue weighted by Gasteiger charge is 2.31. The summed E-state index contributed by atoms with van der Waals surface area (Å²) in [6.45, 7) is 1.80. The van der Waals surface area contributed by atoms with E-state index in [0.717, 1.165) is 38.8 Å². The summed E-state index contributed by atoms with van der Waals surface area (Å²) in [5.74, 6) is 0.438. The maximum absolute atomic E-state index is 12.9. The van der Waals surface area contributed by atoms with Gasteiger partial charge in [0.1, 0.15) is 0 Å². The van der Waals surface area contributed by atoms with Gasteiger partial charge in [0, 0.05) is 19.1 Å². The number of carbonyl (C=O) groups is 1. The van der Waals surface area contributed by atoms with Crippen molar-refractivity contribution >= 4 is 5.91 Å². The molecule has 0 saturated carbocycles. The van der Waals surface area contributed by atoms with Crippen molar-refractivity contribution in [3.8, 4) is 0 Å². The second kappa shape index (κ2) is 5.96. The van der Waals surface area contributed by atoms with Gasteiger partial charge in [-0.3, -0.25) is 4.79 Å². The molecular formula is C17H24N2O. The van der Waals surface area contributed by atoms with Gasteiger partial charge in [0.15, 0.2) is 0 Å². The predicted molar refractivity (Wildman–Crippen MR) is 80.8 cm³/mol. The van der Waals surface area contributed by atoms with Gasteiger partial charge in [0.2, 0.25) is 5.91 Å². The third-order valence-corrected chi connectivity index (χ3v) is 4.81. The summed E-state index contributed by atoms with van der Waals surface area (Å²) in [7, 11) is 1.99. The van der Waals surface area contributed by atoms with Gasteiger partial charge < -0.3 is 10.2 Å². The van der Waals surface area contributed by atoms with E-state index in [1.165, 1.54) is 17.5 Å². The first-order valence-corrected chi connectivity index (χ1v) is 7.83. The number of hydrogen-bond acceptors (Lipinski definition) is 2. The zero-order valence-corrected chi connectivity index (χ0v) is 12.3. The minimum atomic E-state index is 0.0931. The first-order valence-electron chi connectivity index (χ1n) is 7.83. The van der Waals surface area contributed by atoms with E-state index in [-0.39, 0.29) is 5.92 Å². The smallest absolute Gasteiger partial charge is 0.230 e. The SMILES string of the molecule is CNC1CCCN(C(=O)C2CCCc3ccccc32)C1. The summed E-state index contributed by atoms with van der Waals surface area (Å²) in [4.78, 5) is 15.0. The lowest BCUT2D eigenvalue weighted by Gasteiger charge is -2.36. The minimum Gasteiger partial charge on any atom is -0.341 e. The van der Waals surface area contributed by atoms with Gasteiger partial charge in [-0.05, 0) is 50.3 Å². The van der Waals surface area contributed by atoms with Crippen LogP contribution in [0.1, 0.15) is 42.7 Å². The number of aryl methyl sites for hydroxylation is 1. The van der Waals surface area contributed by atoms with E-state index >= 15 is 0 Å². The Morgan fingerprint density at radius 1 is 1.25 bits per heavy atom. The van der Waals surface area contributed by atoms with E-state index in [4.69, 9.17) is 0 Å². The Balaban J connectivity index is 1.78. The third kappa shape index (κ3) is 2.59. The molecule has 3 heteroatoms. The van der Waals surface area contributed by atoms with Crippen LogP contribution in [0.4, 0.5) is 0 Å². The van der Waals surface area contributed by atoms with Crippen molar-refractivity contribution < 1.29 is 4.79 Å². The van der Waals surface area contributed by atoms with Crippen LogP contribution in [-0.2, 0) is 11.2 Å². The van der Waals surface area contributed by atoms with Crippen LogP contribution in [-0.4, -0.2) is 37.0 Å². The van der Waals surface area contributed by atoms with Gasteiger partial charge in [-0.1, -0.05) is 24.3 Å². The Hall–Kier alpha value is -1.35. The molecule has 2 unspecified atom stereocenters. The topological polar surface area (TPSA) is 32.3 Å². The van der Waals surface area contributed by atoms with Crippen LogP contribution in [0.3, 0.4) is 0 Å². The Morgan fingerprint density at radius 3 is 2.95 bits per heavy atom. The number of carbonyl (C=O) groups excluding carboxylic acids is 1. The molecule has 1 saturated heterocycles. The molecule has 1 amide bonds. The lowest BCUT2D eigenvalue weighted by molar-refractivity contribution is -0.134. The maximum atomic E-state index is 12.9. The van der Waals surface area contributed by atoms with Crippen molar-refractivity contribution in [1.82, 2.24) is 10.2 Å².